The third kappa shape index (κ3) is 1.80. The van der Waals surface area contributed by atoms with Crippen LogP contribution in [0.1, 0.15) is 19.3 Å². The van der Waals surface area contributed by atoms with Crippen molar-refractivity contribution in [2.75, 3.05) is 4.90 Å². The molecule has 1 aromatic carbocycles. The van der Waals surface area contributed by atoms with Crippen LogP contribution < -0.4 is 4.90 Å². The lowest BCUT2D eigenvalue weighted by Gasteiger charge is -2.28. The molecule has 21 heavy (non-hydrogen) atoms. The first-order valence-corrected chi connectivity index (χ1v) is 7.77. The van der Waals surface area contributed by atoms with Gasteiger partial charge in [0.2, 0.25) is 11.8 Å². The third-order valence-electron chi connectivity index (χ3n) is 4.96. The molecule has 0 radical (unpaired) electrons. The molecule has 1 aromatic rings. The van der Waals surface area contributed by atoms with E-state index in [9.17, 15) is 9.59 Å². The van der Waals surface area contributed by atoms with Crippen LogP contribution in [0.2, 0.25) is 10.0 Å². The minimum atomic E-state index is -0.536. The van der Waals surface area contributed by atoms with Gasteiger partial charge in [0.15, 0.2) is 0 Å². The summed E-state index contributed by atoms with van der Waals surface area (Å²) in [6.45, 7) is 0. The number of benzene rings is 1. The van der Waals surface area contributed by atoms with Crippen LogP contribution in [0.5, 0.6) is 0 Å². The summed E-state index contributed by atoms with van der Waals surface area (Å²) in [5.74, 6) is 0.384. The lowest BCUT2D eigenvalue weighted by Crippen LogP contribution is -2.38. The van der Waals surface area contributed by atoms with E-state index in [2.05, 4.69) is 12.2 Å². The highest BCUT2D eigenvalue weighted by Gasteiger charge is 2.60. The quantitative estimate of drug-likeness (QED) is 0.582. The second kappa shape index (κ2) is 4.34. The summed E-state index contributed by atoms with van der Waals surface area (Å²) in [5, 5.41) is 0.846. The third-order valence-corrected chi connectivity index (χ3v) is 5.40. The molecule has 1 saturated heterocycles. The van der Waals surface area contributed by atoms with Gasteiger partial charge in [-0.25, -0.2) is 4.90 Å². The van der Waals surface area contributed by atoms with Gasteiger partial charge in [-0.1, -0.05) is 35.4 Å². The number of carbonyl (C=O) groups excluding carboxylic acids is 2. The fraction of sp³-hybridized carbons (Fsp3) is 0.375. The Morgan fingerprint density at radius 3 is 2.38 bits per heavy atom. The van der Waals surface area contributed by atoms with Crippen molar-refractivity contribution >= 4 is 40.7 Å². The summed E-state index contributed by atoms with van der Waals surface area (Å²) in [6, 6.07) is 4.82. The van der Waals surface area contributed by atoms with E-state index in [1.54, 1.807) is 18.2 Å². The van der Waals surface area contributed by atoms with E-state index >= 15 is 0 Å². The maximum atomic E-state index is 12.9. The maximum Gasteiger partial charge on any atom is 0.241 e. The fourth-order valence-electron chi connectivity index (χ4n) is 4.09. The average Bonchev–Trinajstić information content (AvgIpc) is 3.03. The number of hydrogen-bond acceptors (Lipinski definition) is 2. The fourth-order valence-corrected chi connectivity index (χ4v) is 4.61. The molecule has 0 N–H and O–H groups in total. The van der Waals surface area contributed by atoms with E-state index in [-0.39, 0.29) is 17.7 Å². The van der Waals surface area contributed by atoms with Gasteiger partial charge in [0.25, 0.3) is 0 Å². The zero-order chi connectivity index (χ0) is 14.8. The standard InChI is InChI=1S/C16H13Cl2NO2/c17-11-4-12(18)6-13(5-11)19-14(20)8-16(15(19)21)7-9-1-2-10(16)3-9/h1-2,4-6,9-10H,3,7-8H2/t9-,10+,16-/m0/s1. The molecule has 4 rings (SSSR count). The van der Waals surface area contributed by atoms with Crippen LogP contribution >= 0.6 is 23.2 Å². The summed E-state index contributed by atoms with van der Waals surface area (Å²) in [6.07, 6.45) is 6.34. The molecule has 1 aliphatic heterocycles. The molecule has 1 saturated carbocycles. The van der Waals surface area contributed by atoms with Crippen LogP contribution in [0.4, 0.5) is 5.69 Å². The van der Waals surface area contributed by atoms with Crippen LogP contribution in [0.15, 0.2) is 30.4 Å². The molecule has 3 aliphatic rings. The van der Waals surface area contributed by atoms with Gasteiger partial charge in [-0.15, -0.1) is 0 Å². The normalized spacial score (nSPS) is 33.7. The largest absolute Gasteiger partial charge is 0.274 e. The molecule has 108 valence electrons. The first-order valence-electron chi connectivity index (χ1n) is 7.01. The smallest absolute Gasteiger partial charge is 0.241 e. The van der Waals surface area contributed by atoms with E-state index in [1.807, 2.05) is 0 Å². The van der Waals surface area contributed by atoms with Crippen molar-refractivity contribution in [3.05, 3.63) is 40.4 Å². The number of amides is 2. The Labute approximate surface area is 132 Å². The molecule has 2 fully saturated rings. The molecule has 1 heterocycles. The molecule has 2 bridgehead atoms. The van der Waals surface area contributed by atoms with Crippen molar-refractivity contribution in [1.29, 1.82) is 0 Å². The maximum absolute atomic E-state index is 12.9. The summed E-state index contributed by atoms with van der Waals surface area (Å²) in [5.41, 5.74) is -0.0585. The predicted molar refractivity (Wildman–Crippen MR) is 81.4 cm³/mol. The number of hydrogen-bond donors (Lipinski definition) is 0. The van der Waals surface area contributed by atoms with Gasteiger partial charge < -0.3 is 0 Å². The first kappa shape index (κ1) is 13.4. The Morgan fingerprint density at radius 1 is 1.10 bits per heavy atom. The lowest BCUT2D eigenvalue weighted by atomic mass is 9.74. The van der Waals surface area contributed by atoms with Crippen molar-refractivity contribution in [2.45, 2.75) is 19.3 Å². The molecular weight excluding hydrogens is 309 g/mol. The van der Waals surface area contributed by atoms with Gasteiger partial charge in [-0.05, 0) is 42.9 Å². The van der Waals surface area contributed by atoms with E-state index in [1.165, 1.54) is 4.90 Å². The van der Waals surface area contributed by atoms with E-state index in [0.29, 0.717) is 28.1 Å². The molecule has 2 amide bonds. The molecule has 0 unspecified atom stereocenters. The summed E-state index contributed by atoms with van der Waals surface area (Å²) in [7, 11) is 0. The average molecular weight is 322 g/mol. The molecule has 5 heteroatoms. The van der Waals surface area contributed by atoms with Gasteiger partial charge in [-0.2, -0.15) is 0 Å². The number of carbonyl (C=O) groups is 2. The van der Waals surface area contributed by atoms with Crippen molar-refractivity contribution in [3.8, 4) is 0 Å². The van der Waals surface area contributed by atoms with Crippen molar-refractivity contribution < 1.29 is 9.59 Å². The zero-order valence-corrected chi connectivity index (χ0v) is 12.7. The topological polar surface area (TPSA) is 37.4 Å². The van der Waals surface area contributed by atoms with Gasteiger partial charge in [0, 0.05) is 16.5 Å². The number of nitrogens with zero attached hydrogens (tertiary/aromatic N) is 1. The molecular formula is C16H13Cl2NO2. The van der Waals surface area contributed by atoms with E-state index in [4.69, 9.17) is 23.2 Å². The Bertz CT molecular complexity index is 679. The van der Waals surface area contributed by atoms with Crippen LogP contribution in [-0.4, -0.2) is 11.8 Å². The predicted octanol–water partition coefficient (Wildman–Crippen LogP) is 3.84. The Morgan fingerprint density at radius 2 is 1.81 bits per heavy atom. The zero-order valence-electron chi connectivity index (χ0n) is 11.2. The summed E-state index contributed by atoms with van der Waals surface area (Å²) >= 11 is 12.0. The highest BCUT2D eigenvalue weighted by atomic mass is 35.5. The van der Waals surface area contributed by atoms with Gasteiger partial charge >= 0.3 is 0 Å². The van der Waals surface area contributed by atoms with Crippen LogP contribution in [0, 0.1) is 17.3 Å². The number of allylic oxidation sites excluding steroid dienone is 2. The second-order valence-corrected chi connectivity index (χ2v) is 7.06. The molecule has 2 aliphatic carbocycles. The lowest BCUT2D eigenvalue weighted by molar-refractivity contribution is -0.126. The number of rotatable bonds is 1. The number of anilines is 1. The highest BCUT2D eigenvalue weighted by molar-refractivity contribution is 6.35. The van der Waals surface area contributed by atoms with E-state index in [0.717, 1.165) is 12.8 Å². The minimum absolute atomic E-state index is 0.0947. The first-order chi connectivity index (χ1) is 9.99. The van der Waals surface area contributed by atoms with Crippen LogP contribution in [0.3, 0.4) is 0 Å². The number of fused-ring (bicyclic) bond motifs is 3. The van der Waals surface area contributed by atoms with Gasteiger partial charge in [0.1, 0.15) is 0 Å². The van der Waals surface area contributed by atoms with Crippen molar-refractivity contribution in [1.82, 2.24) is 0 Å². The van der Waals surface area contributed by atoms with E-state index < -0.39 is 5.41 Å². The second-order valence-electron chi connectivity index (χ2n) is 6.19. The molecule has 0 aromatic heterocycles. The van der Waals surface area contributed by atoms with Gasteiger partial charge in [0.05, 0.1) is 11.1 Å². The Hall–Kier alpha value is -1.32. The number of halogens is 2. The number of imide groups is 1. The monoisotopic (exact) mass is 321 g/mol. The Kier molecular flexibility index (Phi) is 2.76. The van der Waals surface area contributed by atoms with Gasteiger partial charge in [-0.3, -0.25) is 9.59 Å². The highest BCUT2D eigenvalue weighted by Crippen LogP contribution is 2.58. The van der Waals surface area contributed by atoms with Crippen molar-refractivity contribution in [3.63, 3.8) is 0 Å². The molecule has 3 atom stereocenters. The SMILES string of the molecule is O=C1C[C@]2(C[C@H]3C=C[C@@H]2C3)C(=O)N1c1cc(Cl)cc(Cl)c1. The summed E-state index contributed by atoms with van der Waals surface area (Å²) < 4.78 is 0. The Balaban J connectivity index is 1.76. The molecule has 1 spiro atoms. The summed E-state index contributed by atoms with van der Waals surface area (Å²) in [4.78, 5) is 26.6. The van der Waals surface area contributed by atoms with Crippen LogP contribution in [0.25, 0.3) is 0 Å². The van der Waals surface area contributed by atoms with Crippen molar-refractivity contribution in [2.24, 2.45) is 17.3 Å². The molecule has 3 nitrogen and oxygen atoms in total. The van der Waals surface area contributed by atoms with Crippen LogP contribution in [-0.2, 0) is 9.59 Å². The minimum Gasteiger partial charge on any atom is -0.274 e.